The molecule has 19 heavy (non-hydrogen) atoms. The number of rotatable bonds is 3. The van der Waals surface area contributed by atoms with Crippen molar-refractivity contribution in [2.24, 2.45) is 0 Å². The molecule has 0 N–H and O–H groups in total. The molecule has 1 aromatic carbocycles. The van der Waals surface area contributed by atoms with Crippen LogP contribution in [0, 0.1) is 0 Å². The van der Waals surface area contributed by atoms with Gasteiger partial charge in [-0.3, -0.25) is 9.59 Å². The number of hydrogen-bond acceptors (Lipinski definition) is 2. The van der Waals surface area contributed by atoms with Gasteiger partial charge in [-0.25, -0.2) is 0 Å². The Labute approximate surface area is 114 Å². The second kappa shape index (κ2) is 5.43. The SMILES string of the molecule is CN(C)C(=O)CC(=O)N(C)[C@H]1CCc2ccccc21. The van der Waals surface area contributed by atoms with Gasteiger partial charge in [-0.2, -0.15) is 0 Å². The zero-order valence-corrected chi connectivity index (χ0v) is 11.7. The first kappa shape index (κ1) is 13.6. The van der Waals surface area contributed by atoms with E-state index in [2.05, 4.69) is 12.1 Å². The maximum Gasteiger partial charge on any atom is 0.232 e. The molecule has 0 unspecified atom stereocenters. The fourth-order valence-corrected chi connectivity index (χ4v) is 2.52. The lowest BCUT2D eigenvalue weighted by atomic mass is 10.1. The lowest BCUT2D eigenvalue weighted by molar-refractivity contribution is -0.139. The minimum atomic E-state index is -0.150. The molecule has 0 heterocycles. The molecule has 0 saturated carbocycles. The zero-order chi connectivity index (χ0) is 14.0. The first-order chi connectivity index (χ1) is 9.00. The summed E-state index contributed by atoms with van der Waals surface area (Å²) in [6.07, 6.45) is 1.89. The predicted octanol–water partition coefficient (Wildman–Crippen LogP) is 1.61. The van der Waals surface area contributed by atoms with Crippen LogP contribution in [-0.2, 0) is 16.0 Å². The third-order valence-corrected chi connectivity index (χ3v) is 3.76. The number of fused-ring (bicyclic) bond motifs is 1. The summed E-state index contributed by atoms with van der Waals surface area (Å²) in [5.41, 5.74) is 2.53. The minimum Gasteiger partial charge on any atom is -0.348 e. The van der Waals surface area contributed by atoms with Crippen LogP contribution in [0.4, 0.5) is 0 Å². The predicted molar refractivity (Wildman–Crippen MR) is 73.6 cm³/mol. The highest BCUT2D eigenvalue weighted by Crippen LogP contribution is 2.34. The molecule has 0 aromatic heterocycles. The van der Waals surface area contributed by atoms with Gasteiger partial charge in [-0.05, 0) is 24.0 Å². The Balaban J connectivity index is 2.07. The van der Waals surface area contributed by atoms with Gasteiger partial charge in [0.1, 0.15) is 6.42 Å². The molecule has 0 bridgehead atoms. The number of nitrogens with zero attached hydrogens (tertiary/aromatic N) is 2. The fraction of sp³-hybridized carbons (Fsp3) is 0.467. The maximum atomic E-state index is 12.1. The number of carbonyl (C=O) groups is 2. The van der Waals surface area contributed by atoms with Crippen LogP contribution >= 0.6 is 0 Å². The monoisotopic (exact) mass is 260 g/mol. The van der Waals surface area contributed by atoms with Crippen molar-refractivity contribution >= 4 is 11.8 Å². The van der Waals surface area contributed by atoms with E-state index in [-0.39, 0.29) is 24.3 Å². The molecule has 4 heteroatoms. The number of aryl methyl sites for hydroxylation is 1. The largest absolute Gasteiger partial charge is 0.348 e. The fourth-order valence-electron chi connectivity index (χ4n) is 2.52. The van der Waals surface area contributed by atoms with Crippen LogP contribution in [0.1, 0.15) is 30.0 Å². The number of amides is 2. The highest BCUT2D eigenvalue weighted by atomic mass is 16.2. The summed E-state index contributed by atoms with van der Waals surface area (Å²) in [6, 6.07) is 8.32. The van der Waals surface area contributed by atoms with Crippen LogP contribution in [0.3, 0.4) is 0 Å². The maximum absolute atomic E-state index is 12.1. The molecule has 2 rings (SSSR count). The van der Waals surface area contributed by atoms with Gasteiger partial charge in [0, 0.05) is 21.1 Å². The van der Waals surface area contributed by atoms with E-state index in [1.54, 1.807) is 26.0 Å². The molecule has 0 radical (unpaired) electrons. The molecule has 102 valence electrons. The number of hydrogen-bond donors (Lipinski definition) is 0. The van der Waals surface area contributed by atoms with E-state index in [1.807, 2.05) is 12.1 Å². The average Bonchev–Trinajstić information content (AvgIpc) is 2.81. The average molecular weight is 260 g/mol. The molecule has 1 aromatic rings. The molecule has 0 spiro atoms. The summed E-state index contributed by atoms with van der Waals surface area (Å²) in [5.74, 6) is -0.261. The second-order valence-corrected chi connectivity index (χ2v) is 5.22. The van der Waals surface area contributed by atoms with Gasteiger partial charge in [0.25, 0.3) is 0 Å². The Bertz CT molecular complexity index is 497. The van der Waals surface area contributed by atoms with Crippen LogP contribution in [0.2, 0.25) is 0 Å². The molecule has 1 aliphatic carbocycles. The zero-order valence-electron chi connectivity index (χ0n) is 11.7. The smallest absolute Gasteiger partial charge is 0.232 e. The van der Waals surface area contributed by atoms with Crippen molar-refractivity contribution in [1.29, 1.82) is 0 Å². The van der Waals surface area contributed by atoms with Crippen molar-refractivity contribution in [2.75, 3.05) is 21.1 Å². The minimum absolute atomic E-state index is 0.0534. The second-order valence-electron chi connectivity index (χ2n) is 5.22. The normalized spacial score (nSPS) is 16.9. The lowest BCUT2D eigenvalue weighted by Gasteiger charge is -2.26. The van der Waals surface area contributed by atoms with Crippen LogP contribution in [-0.4, -0.2) is 42.8 Å². The molecule has 0 fully saturated rings. The van der Waals surface area contributed by atoms with Gasteiger partial charge in [0.05, 0.1) is 6.04 Å². The molecule has 0 aliphatic heterocycles. The Kier molecular flexibility index (Phi) is 3.88. The molecule has 0 saturated heterocycles. The first-order valence-electron chi connectivity index (χ1n) is 6.54. The van der Waals surface area contributed by atoms with E-state index in [9.17, 15) is 9.59 Å². The Morgan fingerprint density at radius 3 is 2.53 bits per heavy atom. The van der Waals surface area contributed by atoms with Crippen LogP contribution in [0.25, 0.3) is 0 Å². The van der Waals surface area contributed by atoms with Crippen LogP contribution in [0.5, 0.6) is 0 Å². The van der Waals surface area contributed by atoms with Gasteiger partial charge in [-0.15, -0.1) is 0 Å². The van der Waals surface area contributed by atoms with E-state index in [0.717, 1.165) is 12.8 Å². The summed E-state index contributed by atoms with van der Waals surface area (Å²) >= 11 is 0. The van der Waals surface area contributed by atoms with Gasteiger partial charge in [-0.1, -0.05) is 24.3 Å². The summed E-state index contributed by atoms with van der Waals surface area (Å²) in [7, 11) is 5.12. The third-order valence-electron chi connectivity index (χ3n) is 3.76. The van der Waals surface area contributed by atoms with E-state index in [1.165, 1.54) is 16.0 Å². The summed E-state index contributed by atoms with van der Waals surface area (Å²) in [4.78, 5) is 26.9. The summed E-state index contributed by atoms with van der Waals surface area (Å²) < 4.78 is 0. The van der Waals surface area contributed by atoms with E-state index in [4.69, 9.17) is 0 Å². The summed E-state index contributed by atoms with van der Waals surface area (Å²) in [6.45, 7) is 0. The van der Waals surface area contributed by atoms with Crippen molar-refractivity contribution in [3.8, 4) is 0 Å². The van der Waals surface area contributed by atoms with Crippen LogP contribution < -0.4 is 0 Å². The number of benzene rings is 1. The van der Waals surface area contributed by atoms with E-state index < -0.39 is 0 Å². The molecule has 2 amide bonds. The summed E-state index contributed by atoms with van der Waals surface area (Å²) in [5, 5.41) is 0. The molecule has 1 aliphatic rings. The third kappa shape index (κ3) is 2.78. The van der Waals surface area contributed by atoms with Crippen molar-refractivity contribution in [3.05, 3.63) is 35.4 Å². The molecule has 4 nitrogen and oxygen atoms in total. The number of carbonyl (C=O) groups excluding carboxylic acids is 2. The van der Waals surface area contributed by atoms with Crippen molar-refractivity contribution < 1.29 is 9.59 Å². The van der Waals surface area contributed by atoms with Crippen LogP contribution in [0.15, 0.2) is 24.3 Å². The molecular formula is C15H20N2O2. The van der Waals surface area contributed by atoms with Crippen molar-refractivity contribution in [3.63, 3.8) is 0 Å². The Morgan fingerprint density at radius 2 is 1.84 bits per heavy atom. The molecule has 1 atom stereocenters. The van der Waals surface area contributed by atoms with Gasteiger partial charge in [0.15, 0.2) is 0 Å². The van der Waals surface area contributed by atoms with Gasteiger partial charge in [0.2, 0.25) is 11.8 Å². The van der Waals surface area contributed by atoms with E-state index in [0.29, 0.717) is 0 Å². The quantitative estimate of drug-likeness (QED) is 0.775. The lowest BCUT2D eigenvalue weighted by Crippen LogP contribution is -2.34. The standard InChI is InChI=1S/C15H20N2O2/c1-16(2)14(18)10-15(19)17(3)13-9-8-11-6-4-5-7-12(11)13/h4-7,13H,8-10H2,1-3H3/t13-/m0/s1. The molecular weight excluding hydrogens is 240 g/mol. The van der Waals surface area contributed by atoms with Gasteiger partial charge < -0.3 is 9.80 Å². The van der Waals surface area contributed by atoms with Crippen molar-refractivity contribution in [1.82, 2.24) is 9.80 Å². The van der Waals surface area contributed by atoms with Crippen molar-refractivity contribution in [2.45, 2.75) is 25.3 Å². The highest BCUT2D eigenvalue weighted by Gasteiger charge is 2.29. The van der Waals surface area contributed by atoms with Gasteiger partial charge >= 0.3 is 0 Å². The highest BCUT2D eigenvalue weighted by molar-refractivity contribution is 5.96. The topological polar surface area (TPSA) is 40.6 Å². The van der Waals surface area contributed by atoms with E-state index >= 15 is 0 Å². The Morgan fingerprint density at radius 1 is 1.16 bits per heavy atom. The first-order valence-corrected chi connectivity index (χ1v) is 6.54. The Hall–Kier alpha value is -1.84.